The molecule has 2 rings (SSSR count). The Hall–Kier alpha value is -0.320. The molecule has 8 heteroatoms. The zero-order chi connectivity index (χ0) is 25.2. The predicted octanol–water partition coefficient (Wildman–Crippen LogP) is 1.06. The van der Waals surface area contributed by atoms with Crippen LogP contribution in [-0.2, 0) is 0 Å². The minimum Gasteiger partial charge on any atom is -0.317 e. The van der Waals surface area contributed by atoms with Gasteiger partial charge < -0.3 is 41.7 Å². The van der Waals surface area contributed by atoms with Gasteiger partial charge in [-0.1, -0.05) is 0 Å². The molecule has 0 aliphatic carbocycles. The van der Waals surface area contributed by atoms with Crippen LogP contribution in [0.5, 0.6) is 0 Å². The third-order valence-corrected chi connectivity index (χ3v) is 7.34. The second-order valence-electron chi connectivity index (χ2n) is 10.7. The molecule has 6 N–H and O–H groups in total. The first-order valence-corrected chi connectivity index (χ1v) is 15.6. The van der Waals surface area contributed by atoms with Crippen molar-refractivity contribution in [3.8, 4) is 0 Å². The van der Waals surface area contributed by atoms with E-state index in [0.29, 0.717) is 0 Å². The standard InChI is InChI=1S/C28H62N8/c1-2-12-30-14-4-16-32-20-7-24-35(23-6-19-31-15-3-13-29-11-1)27-10-28-36-25-8-21-33-17-5-18-34-22-9-26-36/h29-34H,1-28H2. The Morgan fingerprint density at radius 3 is 0.861 bits per heavy atom. The van der Waals surface area contributed by atoms with Crippen molar-refractivity contribution in [1.82, 2.24) is 41.7 Å². The fourth-order valence-corrected chi connectivity index (χ4v) is 5.16. The largest absolute Gasteiger partial charge is 0.317 e. The fraction of sp³-hybridized carbons (Fsp3) is 1.00. The van der Waals surface area contributed by atoms with Gasteiger partial charge in [-0.3, -0.25) is 0 Å². The smallest absolute Gasteiger partial charge is 0.000653 e. The zero-order valence-electron chi connectivity index (χ0n) is 23.7. The normalized spacial score (nSPS) is 24.7. The van der Waals surface area contributed by atoms with Gasteiger partial charge in [0, 0.05) is 0 Å². The first kappa shape index (κ1) is 31.9. The minimum atomic E-state index is 1.14. The summed E-state index contributed by atoms with van der Waals surface area (Å²) in [5.74, 6) is 0. The lowest BCUT2D eigenvalue weighted by Gasteiger charge is -2.26. The summed E-state index contributed by atoms with van der Waals surface area (Å²) in [7, 11) is 0. The molecule has 36 heavy (non-hydrogen) atoms. The lowest BCUT2D eigenvalue weighted by molar-refractivity contribution is 0.218. The molecular formula is C28H62N8. The monoisotopic (exact) mass is 511 g/mol. The van der Waals surface area contributed by atoms with E-state index in [1.807, 2.05) is 0 Å². The molecule has 2 heterocycles. The second kappa shape index (κ2) is 25.0. The minimum absolute atomic E-state index is 1.14. The molecule has 0 saturated carbocycles. The number of hydrogen-bond acceptors (Lipinski definition) is 8. The fourth-order valence-electron chi connectivity index (χ4n) is 5.16. The van der Waals surface area contributed by atoms with Crippen LogP contribution in [0.15, 0.2) is 0 Å². The maximum absolute atomic E-state index is 3.67. The third kappa shape index (κ3) is 19.7. The van der Waals surface area contributed by atoms with Crippen LogP contribution in [0.25, 0.3) is 0 Å². The Morgan fingerprint density at radius 1 is 0.306 bits per heavy atom. The predicted molar refractivity (Wildman–Crippen MR) is 156 cm³/mol. The molecule has 214 valence electrons. The van der Waals surface area contributed by atoms with Gasteiger partial charge >= 0.3 is 0 Å². The van der Waals surface area contributed by atoms with Gasteiger partial charge in [0.15, 0.2) is 0 Å². The molecule has 0 amide bonds. The molecule has 8 nitrogen and oxygen atoms in total. The molecule has 0 aromatic heterocycles. The van der Waals surface area contributed by atoms with Gasteiger partial charge in [0.1, 0.15) is 0 Å². The molecule has 0 bridgehead atoms. The van der Waals surface area contributed by atoms with Crippen LogP contribution >= 0.6 is 0 Å². The topological polar surface area (TPSA) is 78.7 Å². The summed E-state index contributed by atoms with van der Waals surface area (Å²) in [4.78, 5) is 5.44. The van der Waals surface area contributed by atoms with E-state index in [9.17, 15) is 0 Å². The van der Waals surface area contributed by atoms with Crippen molar-refractivity contribution in [3.63, 3.8) is 0 Å². The van der Waals surface area contributed by atoms with Gasteiger partial charge in [0.05, 0.1) is 0 Å². The van der Waals surface area contributed by atoms with E-state index in [2.05, 4.69) is 41.7 Å². The number of rotatable bonds is 4. The molecule has 0 unspecified atom stereocenters. The highest BCUT2D eigenvalue weighted by Gasteiger charge is 2.09. The lowest BCUT2D eigenvalue weighted by Crippen LogP contribution is -2.36. The van der Waals surface area contributed by atoms with Crippen LogP contribution in [0.4, 0.5) is 0 Å². The second-order valence-corrected chi connectivity index (χ2v) is 10.7. The molecule has 0 aromatic rings. The Bertz CT molecular complexity index is 419. The van der Waals surface area contributed by atoms with E-state index in [1.54, 1.807) is 0 Å². The molecule has 0 spiro atoms. The lowest BCUT2D eigenvalue weighted by atomic mass is 10.2. The maximum atomic E-state index is 3.67. The van der Waals surface area contributed by atoms with Crippen LogP contribution < -0.4 is 31.9 Å². The summed E-state index contributed by atoms with van der Waals surface area (Å²) in [6, 6.07) is 0. The quantitative estimate of drug-likeness (QED) is 0.335. The van der Waals surface area contributed by atoms with Crippen LogP contribution in [0, 0.1) is 0 Å². The van der Waals surface area contributed by atoms with Crippen LogP contribution in [0.1, 0.15) is 64.2 Å². The number of nitrogens with zero attached hydrogens (tertiary/aromatic N) is 2. The van der Waals surface area contributed by atoms with Crippen molar-refractivity contribution >= 4 is 0 Å². The Labute approximate surface area is 223 Å². The van der Waals surface area contributed by atoms with E-state index >= 15 is 0 Å². The number of nitrogens with one attached hydrogen (secondary N) is 6. The van der Waals surface area contributed by atoms with Gasteiger partial charge in [0.25, 0.3) is 0 Å². The van der Waals surface area contributed by atoms with Crippen molar-refractivity contribution in [2.45, 2.75) is 64.2 Å². The Morgan fingerprint density at radius 2 is 0.556 bits per heavy atom. The third-order valence-electron chi connectivity index (χ3n) is 7.34. The molecule has 2 aliphatic heterocycles. The first-order chi connectivity index (χ1) is 17.9. The molecule has 0 aromatic carbocycles. The highest BCUT2D eigenvalue weighted by Crippen LogP contribution is 2.02. The van der Waals surface area contributed by atoms with Gasteiger partial charge in [-0.15, -0.1) is 0 Å². The Balaban J connectivity index is 1.67. The molecule has 2 saturated heterocycles. The average molecular weight is 511 g/mol. The van der Waals surface area contributed by atoms with Crippen molar-refractivity contribution in [2.75, 3.05) is 118 Å². The van der Waals surface area contributed by atoms with E-state index in [1.165, 1.54) is 103 Å². The summed E-state index contributed by atoms with van der Waals surface area (Å²) >= 11 is 0. The maximum Gasteiger partial charge on any atom is -0.000653 e. The highest BCUT2D eigenvalue weighted by atomic mass is 15.1. The van der Waals surface area contributed by atoms with Crippen LogP contribution in [0.3, 0.4) is 0 Å². The van der Waals surface area contributed by atoms with E-state index in [-0.39, 0.29) is 0 Å². The van der Waals surface area contributed by atoms with Crippen molar-refractivity contribution in [3.05, 3.63) is 0 Å². The van der Waals surface area contributed by atoms with Crippen LogP contribution in [-0.4, -0.2) is 128 Å². The van der Waals surface area contributed by atoms with Gasteiger partial charge in [-0.05, 0) is 182 Å². The molecule has 0 radical (unpaired) electrons. The summed E-state index contributed by atoms with van der Waals surface area (Å²) in [5.41, 5.74) is 0. The first-order valence-electron chi connectivity index (χ1n) is 15.6. The van der Waals surface area contributed by atoms with Gasteiger partial charge in [0.2, 0.25) is 0 Å². The average Bonchev–Trinajstić information content (AvgIpc) is 2.88. The van der Waals surface area contributed by atoms with Crippen molar-refractivity contribution in [1.29, 1.82) is 0 Å². The van der Waals surface area contributed by atoms with Crippen molar-refractivity contribution < 1.29 is 0 Å². The Kier molecular flexibility index (Phi) is 22.1. The van der Waals surface area contributed by atoms with E-state index in [4.69, 9.17) is 0 Å². The van der Waals surface area contributed by atoms with E-state index < -0.39 is 0 Å². The molecule has 0 atom stereocenters. The molecule has 2 fully saturated rings. The summed E-state index contributed by atoms with van der Waals surface area (Å²) in [5, 5.41) is 21.7. The summed E-state index contributed by atoms with van der Waals surface area (Å²) in [6.45, 7) is 21.2. The summed E-state index contributed by atoms with van der Waals surface area (Å²) in [6.07, 6.45) is 12.6. The SMILES string of the molecule is C1CCNCCCNCCCN(CCCN2CCCNCCCNCCC2)CCCNCCCNC1. The van der Waals surface area contributed by atoms with Gasteiger partial charge in [-0.25, -0.2) is 0 Å². The van der Waals surface area contributed by atoms with Crippen LogP contribution in [0.2, 0.25) is 0 Å². The van der Waals surface area contributed by atoms with E-state index in [0.717, 1.165) is 78.5 Å². The summed E-state index contributed by atoms with van der Waals surface area (Å²) < 4.78 is 0. The van der Waals surface area contributed by atoms with Crippen molar-refractivity contribution in [2.24, 2.45) is 0 Å². The molecular weight excluding hydrogens is 448 g/mol. The van der Waals surface area contributed by atoms with Gasteiger partial charge in [-0.2, -0.15) is 0 Å². The highest BCUT2D eigenvalue weighted by molar-refractivity contribution is 4.67. The molecule has 2 aliphatic rings. The zero-order valence-corrected chi connectivity index (χ0v) is 23.7. The number of hydrogen-bond donors (Lipinski definition) is 6.